The van der Waals surface area contributed by atoms with Gasteiger partial charge in [0.1, 0.15) is 11.9 Å². The van der Waals surface area contributed by atoms with E-state index in [-0.39, 0.29) is 5.56 Å². The Morgan fingerprint density at radius 1 is 1.04 bits per heavy atom. The Bertz CT molecular complexity index is 1050. The molecular weight excluding hydrogens is 352 g/mol. The van der Waals surface area contributed by atoms with Crippen LogP contribution in [0.25, 0.3) is 5.82 Å². The standard InChI is InChI=1S/C16H16N8O3/c25-14-11(9-18-16(27)19-14)15(26)23-7-5-22(6-8-23)12-1-2-13(21-20-12)24-4-3-17-10-24/h1-4,9-10H,5-8H2,(H2,18,19,25,27). The number of carbonyl (C=O) groups excluding carboxylic acids is 1. The predicted molar refractivity (Wildman–Crippen MR) is 95.0 cm³/mol. The van der Waals surface area contributed by atoms with E-state index in [0.29, 0.717) is 37.8 Å². The van der Waals surface area contributed by atoms with Gasteiger partial charge in [0, 0.05) is 44.8 Å². The lowest BCUT2D eigenvalue weighted by molar-refractivity contribution is 0.0744. The number of nitrogens with zero attached hydrogens (tertiary/aromatic N) is 6. The molecule has 2 N–H and O–H groups in total. The number of hydrogen-bond acceptors (Lipinski definition) is 7. The SMILES string of the molecule is O=C(c1c[nH]c(=O)[nH]c1=O)N1CCN(c2ccc(-n3ccnc3)nn2)CC1. The highest BCUT2D eigenvalue weighted by atomic mass is 16.2. The van der Waals surface area contributed by atoms with Gasteiger partial charge in [-0.05, 0) is 12.1 Å². The minimum absolute atomic E-state index is 0.0764. The van der Waals surface area contributed by atoms with E-state index in [4.69, 9.17) is 0 Å². The Morgan fingerprint density at radius 3 is 2.41 bits per heavy atom. The van der Waals surface area contributed by atoms with Crippen molar-refractivity contribution in [3.8, 4) is 5.82 Å². The average Bonchev–Trinajstić information content (AvgIpc) is 3.23. The third-order valence-corrected chi connectivity index (χ3v) is 4.35. The lowest BCUT2D eigenvalue weighted by Gasteiger charge is -2.35. The Hall–Kier alpha value is -3.76. The summed E-state index contributed by atoms with van der Waals surface area (Å²) in [4.78, 5) is 47.3. The number of anilines is 1. The van der Waals surface area contributed by atoms with E-state index in [9.17, 15) is 14.4 Å². The van der Waals surface area contributed by atoms with Crippen molar-refractivity contribution in [1.82, 2.24) is 34.6 Å². The van der Waals surface area contributed by atoms with Gasteiger partial charge in [-0.1, -0.05) is 0 Å². The van der Waals surface area contributed by atoms with Crippen LogP contribution in [0.1, 0.15) is 10.4 Å². The fourth-order valence-electron chi connectivity index (χ4n) is 2.90. The van der Waals surface area contributed by atoms with Crippen LogP contribution in [0, 0.1) is 0 Å². The van der Waals surface area contributed by atoms with E-state index in [1.54, 1.807) is 28.2 Å². The van der Waals surface area contributed by atoms with Gasteiger partial charge in [0.25, 0.3) is 11.5 Å². The zero-order chi connectivity index (χ0) is 18.8. The summed E-state index contributed by atoms with van der Waals surface area (Å²) in [6.07, 6.45) is 6.24. The summed E-state index contributed by atoms with van der Waals surface area (Å²) < 4.78 is 1.76. The first kappa shape index (κ1) is 16.7. The maximum atomic E-state index is 12.5. The summed E-state index contributed by atoms with van der Waals surface area (Å²) in [5.74, 6) is 0.976. The molecule has 1 aliphatic rings. The first-order valence-electron chi connectivity index (χ1n) is 8.30. The molecule has 0 aliphatic carbocycles. The molecule has 3 aromatic heterocycles. The first-order chi connectivity index (χ1) is 13.1. The highest BCUT2D eigenvalue weighted by molar-refractivity contribution is 5.93. The van der Waals surface area contributed by atoms with Crippen molar-refractivity contribution < 1.29 is 4.79 Å². The number of aromatic amines is 2. The van der Waals surface area contributed by atoms with E-state index >= 15 is 0 Å². The largest absolute Gasteiger partial charge is 0.352 e. The summed E-state index contributed by atoms with van der Waals surface area (Å²) in [5, 5.41) is 8.43. The van der Waals surface area contributed by atoms with Crippen molar-refractivity contribution in [3.63, 3.8) is 0 Å². The Kier molecular flexibility index (Phi) is 4.24. The smallest absolute Gasteiger partial charge is 0.325 e. The molecule has 0 saturated carbocycles. The molecule has 1 saturated heterocycles. The van der Waals surface area contributed by atoms with Crippen LogP contribution in [0.4, 0.5) is 5.82 Å². The molecule has 0 bridgehead atoms. The van der Waals surface area contributed by atoms with Crippen LogP contribution in [0.15, 0.2) is 46.6 Å². The van der Waals surface area contributed by atoms with Crippen LogP contribution < -0.4 is 16.1 Å². The number of carbonyl (C=O) groups is 1. The van der Waals surface area contributed by atoms with Crippen molar-refractivity contribution >= 4 is 11.7 Å². The van der Waals surface area contributed by atoms with Crippen molar-refractivity contribution in [3.05, 3.63) is 63.5 Å². The number of H-pyrrole nitrogens is 2. The molecule has 138 valence electrons. The highest BCUT2D eigenvalue weighted by Gasteiger charge is 2.24. The number of amides is 1. The summed E-state index contributed by atoms with van der Waals surface area (Å²) >= 11 is 0. The monoisotopic (exact) mass is 368 g/mol. The summed E-state index contributed by atoms with van der Waals surface area (Å²) in [7, 11) is 0. The van der Waals surface area contributed by atoms with Gasteiger partial charge in [-0.2, -0.15) is 0 Å². The second-order valence-electron chi connectivity index (χ2n) is 5.98. The molecule has 4 rings (SSSR count). The number of hydrogen-bond donors (Lipinski definition) is 2. The maximum absolute atomic E-state index is 12.5. The summed E-state index contributed by atoms with van der Waals surface area (Å²) in [6.45, 7) is 1.99. The lowest BCUT2D eigenvalue weighted by atomic mass is 10.2. The van der Waals surface area contributed by atoms with E-state index < -0.39 is 17.2 Å². The number of piperazine rings is 1. The molecule has 3 aromatic rings. The molecule has 0 spiro atoms. The van der Waals surface area contributed by atoms with Gasteiger partial charge in [0.15, 0.2) is 11.6 Å². The fraction of sp³-hybridized carbons (Fsp3) is 0.250. The fourth-order valence-corrected chi connectivity index (χ4v) is 2.90. The van der Waals surface area contributed by atoms with E-state index in [2.05, 4.69) is 25.1 Å². The first-order valence-corrected chi connectivity index (χ1v) is 8.30. The van der Waals surface area contributed by atoms with Crippen molar-refractivity contribution in [2.45, 2.75) is 0 Å². The van der Waals surface area contributed by atoms with Gasteiger partial charge in [0.2, 0.25) is 0 Å². The van der Waals surface area contributed by atoms with Crippen molar-refractivity contribution in [2.75, 3.05) is 31.1 Å². The zero-order valence-corrected chi connectivity index (χ0v) is 14.2. The summed E-state index contributed by atoms with van der Waals surface area (Å²) in [6, 6.07) is 3.72. The second kappa shape index (κ2) is 6.86. The quantitative estimate of drug-likeness (QED) is 0.606. The molecule has 27 heavy (non-hydrogen) atoms. The zero-order valence-electron chi connectivity index (χ0n) is 14.2. The van der Waals surface area contributed by atoms with Crippen molar-refractivity contribution in [1.29, 1.82) is 0 Å². The highest BCUT2D eigenvalue weighted by Crippen LogP contribution is 2.15. The number of nitrogens with one attached hydrogen (secondary N) is 2. The van der Waals surface area contributed by atoms with Gasteiger partial charge in [0.05, 0.1) is 0 Å². The average molecular weight is 368 g/mol. The third-order valence-electron chi connectivity index (χ3n) is 4.35. The van der Waals surface area contributed by atoms with E-state index in [1.165, 1.54) is 0 Å². The molecule has 11 nitrogen and oxygen atoms in total. The molecule has 11 heteroatoms. The Labute approximate surface area is 152 Å². The molecule has 1 aliphatic heterocycles. The van der Waals surface area contributed by atoms with Gasteiger partial charge in [-0.25, -0.2) is 9.78 Å². The Balaban J connectivity index is 1.42. The molecular formula is C16H16N8O3. The molecule has 0 atom stereocenters. The van der Waals surface area contributed by atoms with Crippen LogP contribution in [-0.4, -0.2) is 66.7 Å². The molecule has 1 amide bonds. The number of aromatic nitrogens is 6. The molecule has 4 heterocycles. The third kappa shape index (κ3) is 3.34. The lowest BCUT2D eigenvalue weighted by Crippen LogP contribution is -2.50. The van der Waals surface area contributed by atoms with Gasteiger partial charge < -0.3 is 14.8 Å². The molecule has 0 unspecified atom stereocenters. The van der Waals surface area contributed by atoms with Gasteiger partial charge >= 0.3 is 5.69 Å². The maximum Gasteiger partial charge on any atom is 0.325 e. The minimum atomic E-state index is -0.688. The summed E-state index contributed by atoms with van der Waals surface area (Å²) in [5.41, 5.74) is -1.40. The molecule has 0 radical (unpaired) electrons. The van der Waals surface area contributed by atoms with E-state index in [0.717, 1.165) is 6.20 Å². The minimum Gasteiger partial charge on any atom is -0.352 e. The Morgan fingerprint density at radius 2 is 1.78 bits per heavy atom. The molecule has 1 fully saturated rings. The second-order valence-corrected chi connectivity index (χ2v) is 5.98. The van der Waals surface area contributed by atoms with E-state index in [1.807, 2.05) is 17.0 Å². The molecule has 0 aromatic carbocycles. The van der Waals surface area contributed by atoms with Crippen LogP contribution in [-0.2, 0) is 0 Å². The normalized spacial score (nSPS) is 14.4. The van der Waals surface area contributed by atoms with Gasteiger partial charge in [-0.3, -0.25) is 19.1 Å². The van der Waals surface area contributed by atoms with Crippen LogP contribution in [0.2, 0.25) is 0 Å². The van der Waals surface area contributed by atoms with Crippen LogP contribution in [0.5, 0.6) is 0 Å². The van der Waals surface area contributed by atoms with Crippen molar-refractivity contribution in [2.24, 2.45) is 0 Å². The van der Waals surface area contributed by atoms with Crippen LogP contribution >= 0.6 is 0 Å². The topological polar surface area (TPSA) is 133 Å². The van der Waals surface area contributed by atoms with Crippen LogP contribution in [0.3, 0.4) is 0 Å². The predicted octanol–water partition coefficient (Wildman–Crippen LogP) is -0.999. The number of rotatable bonds is 3. The number of imidazole rings is 1. The van der Waals surface area contributed by atoms with Gasteiger partial charge in [-0.15, -0.1) is 10.2 Å².